The van der Waals surface area contributed by atoms with E-state index in [0.717, 1.165) is 22.2 Å². The topological polar surface area (TPSA) is 142 Å². The van der Waals surface area contributed by atoms with Crippen LogP contribution in [0.1, 0.15) is 22.2 Å². The number of benzene rings is 2. The van der Waals surface area contributed by atoms with Gasteiger partial charge in [-0.05, 0) is 29.8 Å². The van der Waals surface area contributed by atoms with Crippen molar-refractivity contribution in [2.75, 3.05) is 0 Å². The number of nitrogens with one attached hydrogen (secondary N) is 3. The van der Waals surface area contributed by atoms with Crippen LogP contribution in [0.3, 0.4) is 0 Å². The smallest absolute Gasteiger partial charge is 0.290 e. The van der Waals surface area contributed by atoms with Crippen molar-refractivity contribution >= 4 is 33.8 Å². The van der Waals surface area contributed by atoms with E-state index in [4.69, 9.17) is 5.73 Å². The minimum Gasteiger partial charge on any atom is -0.368 e. The van der Waals surface area contributed by atoms with Gasteiger partial charge in [-0.15, -0.1) is 0 Å². The molecule has 9 heteroatoms. The summed E-state index contributed by atoms with van der Waals surface area (Å²) in [6.45, 7) is 0. The Morgan fingerprint density at radius 2 is 1.65 bits per heavy atom. The molecule has 1 atom stereocenters. The van der Waals surface area contributed by atoms with Crippen LogP contribution in [0, 0.1) is 0 Å². The molecule has 0 fully saturated rings. The molecule has 2 amide bonds. The molecule has 0 saturated heterocycles. The summed E-state index contributed by atoms with van der Waals surface area (Å²) in [6.07, 6.45) is 3.43. The number of H-pyrrole nitrogens is 2. The Morgan fingerprint density at radius 1 is 0.935 bits per heavy atom. The number of pyridine rings is 1. The van der Waals surface area contributed by atoms with Gasteiger partial charge in [-0.1, -0.05) is 30.3 Å². The van der Waals surface area contributed by atoms with E-state index in [0.29, 0.717) is 16.6 Å². The van der Waals surface area contributed by atoms with Crippen LogP contribution >= 0.6 is 0 Å². The van der Waals surface area contributed by atoms with Crippen molar-refractivity contribution in [1.29, 1.82) is 0 Å². The number of fused-ring (bicyclic) bond motifs is 2. The second-order valence-corrected chi connectivity index (χ2v) is 7.01. The van der Waals surface area contributed by atoms with Crippen molar-refractivity contribution in [3.05, 3.63) is 78.4 Å². The van der Waals surface area contributed by atoms with Crippen LogP contribution in [0.5, 0.6) is 0 Å². The van der Waals surface area contributed by atoms with Gasteiger partial charge in [-0.25, -0.2) is 9.97 Å². The second-order valence-electron chi connectivity index (χ2n) is 7.01. The van der Waals surface area contributed by atoms with Gasteiger partial charge >= 0.3 is 0 Å². The number of carbonyl (C=O) groups is 2. The van der Waals surface area contributed by atoms with Gasteiger partial charge in [0, 0.05) is 23.3 Å². The van der Waals surface area contributed by atoms with Gasteiger partial charge in [0.2, 0.25) is 11.7 Å². The normalized spacial score (nSPS) is 12.1. The van der Waals surface area contributed by atoms with Gasteiger partial charge in [-0.3, -0.25) is 19.7 Å². The number of rotatable bonds is 5. The van der Waals surface area contributed by atoms with E-state index in [1.54, 1.807) is 36.7 Å². The highest BCUT2D eigenvalue weighted by Gasteiger charge is 2.23. The van der Waals surface area contributed by atoms with E-state index < -0.39 is 17.9 Å². The molecule has 2 aromatic carbocycles. The molecule has 0 saturated carbocycles. The first-order valence-electron chi connectivity index (χ1n) is 9.53. The zero-order valence-corrected chi connectivity index (χ0v) is 16.2. The van der Waals surface area contributed by atoms with Crippen LogP contribution in [-0.2, 0) is 4.79 Å². The maximum absolute atomic E-state index is 12.8. The predicted molar refractivity (Wildman–Crippen MR) is 115 cm³/mol. The van der Waals surface area contributed by atoms with Gasteiger partial charge in [0.1, 0.15) is 6.04 Å². The Bertz CT molecular complexity index is 1410. The molecule has 0 unspecified atom stereocenters. The minimum absolute atomic E-state index is 0.0284. The Balaban J connectivity index is 1.49. The fraction of sp³-hybridized carbons (Fsp3) is 0.0455. The molecule has 9 nitrogen and oxygen atoms in total. The molecule has 5 N–H and O–H groups in total. The second kappa shape index (κ2) is 7.38. The first kappa shape index (κ1) is 18.5. The highest BCUT2D eigenvalue weighted by atomic mass is 16.2. The molecule has 0 aliphatic heterocycles. The molecule has 5 rings (SSSR count). The number of aromatic amines is 2. The molecular formula is C22H17N7O2. The van der Waals surface area contributed by atoms with Crippen molar-refractivity contribution in [2.24, 2.45) is 5.73 Å². The Hall–Kier alpha value is -4.53. The summed E-state index contributed by atoms with van der Waals surface area (Å²) in [7, 11) is 0. The first-order valence-corrected chi connectivity index (χ1v) is 9.53. The van der Waals surface area contributed by atoms with E-state index in [1.807, 2.05) is 30.3 Å². The number of carbonyl (C=O) groups excluding carboxylic acids is 2. The summed E-state index contributed by atoms with van der Waals surface area (Å²) in [6, 6.07) is 15.3. The highest BCUT2D eigenvalue weighted by molar-refractivity contribution is 6.03. The molecule has 3 heterocycles. The SMILES string of the molecule is NC(=O)[C@@H](NC(=O)c1nc2cc3[nH][nH]c(-c4ccncc4)c3cc2n1)c1ccccc1. The number of amides is 2. The summed E-state index contributed by atoms with van der Waals surface area (Å²) < 4.78 is 0. The number of nitrogens with two attached hydrogens (primary N) is 1. The standard InChI is InChI=1S/C22H17N7O2/c23-20(30)19(12-4-2-1-3-5-12)27-22(31)21-25-16-10-14-15(11-17(16)26-21)28-29-18(14)13-6-8-24-9-7-13/h1-11,19,28-29H,(H2,23,30)(H,27,31)/t19-/m0/s1. The zero-order chi connectivity index (χ0) is 21.4. The average Bonchev–Trinajstić information content (AvgIpc) is 3.40. The van der Waals surface area contributed by atoms with E-state index >= 15 is 0 Å². The van der Waals surface area contributed by atoms with Crippen LogP contribution in [0.25, 0.3) is 33.2 Å². The summed E-state index contributed by atoms with van der Waals surface area (Å²) in [4.78, 5) is 37.4. The molecule has 0 bridgehead atoms. The van der Waals surface area contributed by atoms with Crippen LogP contribution in [0.2, 0.25) is 0 Å². The maximum atomic E-state index is 12.8. The molecule has 3 aromatic heterocycles. The van der Waals surface area contributed by atoms with Gasteiger partial charge in [0.25, 0.3) is 5.91 Å². The van der Waals surface area contributed by atoms with Gasteiger partial charge in [0.15, 0.2) is 0 Å². The van der Waals surface area contributed by atoms with Crippen molar-refractivity contribution in [2.45, 2.75) is 6.04 Å². The number of hydrogen-bond donors (Lipinski definition) is 4. The highest BCUT2D eigenvalue weighted by Crippen LogP contribution is 2.29. The fourth-order valence-electron chi connectivity index (χ4n) is 3.52. The van der Waals surface area contributed by atoms with Crippen LogP contribution in [0.15, 0.2) is 67.0 Å². The third kappa shape index (κ3) is 3.38. The number of aromatic nitrogens is 5. The number of primary amides is 1. The molecular weight excluding hydrogens is 394 g/mol. The molecule has 0 radical (unpaired) electrons. The lowest BCUT2D eigenvalue weighted by Gasteiger charge is -2.14. The fourth-order valence-corrected chi connectivity index (χ4v) is 3.52. The summed E-state index contributed by atoms with van der Waals surface area (Å²) in [5, 5.41) is 9.79. The number of imidazole rings is 1. The third-order valence-electron chi connectivity index (χ3n) is 5.02. The lowest BCUT2D eigenvalue weighted by Crippen LogP contribution is -2.37. The molecule has 31 heavy (non-hydrogen) atoms. The molecule has 0 aliphatic carbocycles. The Kier molecular flexibility index (Phi) is 4.40. The maximum Gasteiger partial charge on any atom is 0.290 e. The van der Waals surface area contributed by atoms with Crippen molar-refractivity contribution in [1.82, 2.24) is 30.5 Å². The predicted octanol–water partition coefficient (Wildman–Crippen LogP) is 2.46. The summed E-state index contributed by atoms with van der Waals surface area (Å²) in [5.41, 5.74) is 9.87. The van der Waals surface area contributed by atoms with E-state index in [2.05, 4.69) is 30.5 Å². The molecule has 152 valence electrons. The Morgan fingerprint density at radius 3 is 2.35 bits per heavy atom. The lowest BCUT2D eigenvalue weighted by molar-refractivity contribution is -0.120. The molecule has 5 aromatic rings. The zero-order valence-electron chi connectivity index (χ0n) is 16.2. The molecule has 0 aliphatic rings. The van der Waals surface area contributed by atoms with E-state index in [9.17, 15) is 9.59 Å². The minimum atomic E-state index is -0.974. The molecule has 0 spiro atoms. The van der Waals surface area contributed by atoms with Gasteiger partial charge in [-0.2, -0.15) is 0 Å². The first-order chi connectivity index (χ1) is 15.1. The quantitative estimate of drug-likeness (QED) is 0.351. The monoisotopic (exact) mass is 411 g/mol. The van der Waals surface area contributed by atoms with Crippen LogP contribution in [0.4, 0.5) is 0 Å². The summed E-state index contributed by atoms with van der Waals surface area (Å²) in [5.74, 6) is -1.27. The van der Waals surface area contributed by atoms with Crippen LogP contribution < -0.4 is 11.1 Å². The van der Waals surface area contributed by atoms with E-state index in [1.165, 1.54) is 0 Å². The largest absolute Gasteiger partial charge is 0.368 e. The summed E-state index contributed by atoms with van der Waals surface area (Å²) >= 11 is 0. The average molecular weight is 411 g/mol. The van der Waals surface area contributed by atoms with Crippen molar-refractivity contribution < 1.29 is 9.59 Å². The Labute approximate surface area is 175 Å². The van der Waals surface area contributed by atoms with Crippen molar-refractivity contribution in [3.8, 4) is 11.3 Å². The van der Waals surface area contributed by atoms with E-state index in [-0.39, 0.29) is 5.82 Å². The van der Waals surface area contributed by atoms with Crippen molar-refractivity contribution in [3.63, 3.8) is 0 Å². The van der Waals surface area contributed by atoms with Gasteiger partial charge < -0.3 is 16.1 Å². The number of hydrogen-bond acceptors (Lipinski definition) is 5. The van der Waals surface area contributed by atoms with Gasteiger partial charge in [0.05, 0.1) is 22.2 Å². The van der Waals surface area contributed by atoms with Crippen LogP contribution in [-0.4, -0.2) is 37.0 Å². The third-order valence-corrected chi connectivity index (χ3v) is 5.02. The lowest BCUT2D eigenvalue weighted by atomic mass is 10.1. The number of nitrogens with zero attached hydrogens (tertiary/aromatic N) is 3.